The topological polar surface area (TPSA) is 171 Å². The number of hydrogen-bond acceptors (Lipinski definition) is 10. The number of carbonyl (C=O) groups excluding carboxylic acids is 3. The Hall–Kier alpha value is -2.77. The molecule has 3 fully saturated rings. The number of halogens is 1. The van der Waals surface area contributed by atoms with Gasteiger partial charge in [0.1, 0.15) is 5.78 Å². The second-order valence-electron chi connectivity index (χ2n) is 11.4. The monoisotopic (exact) mass is 640 g/mol. The van der Waals surface area contributed by atoms with Gasteiger partial charge in [-0.25, -0.2) is 9.59 Å². The molecular weight excluding hydrogens is 600 g/mol. The second-order valence-corrected chi connectivity index (χ2v) is 13.3. The highest BCUT2D eigenvalue weighted by Crippen LogP contribution is 2.65. The molecule has 3 aliphatic carbocycles. The lowest BCUT2D eigenvalue weighted by Gasteiger charge is -2.63. The standard InChI is InChI=1S/C20H25ClN2O5.C10H16O4S/c1-4-28-20(25)18-15(11-27-10-9-22)23-12(2)16(19(24)26-3)17(18)13-7-5-6-8-14(13)21;1-9(2)7-4-3-5-10(9,8(7)11)6-15(12,13)14/h5-8,17,23H,4,9-11,22H2,1-3H3;7H,3-6H2,1-2H3,(H,12,13,14)/t;7-,10+/m.1/s1. The van der Waals surface area contributed by atoms with Crippen LogP contribution in [-0.2, 0) is 38.7 Å². The normalized spacial score (nSPS) is 24.3. The van der Waals surface area contributed by atoms with E-state index in [0.29, 0.717) is 47.1 Å². The van der Waals surface area contributed by atoms with Crippen molar-refractivity contribution in [3.8, 4) is 0 Å². The molecule has 4 N–H and O–H groups in total. The van der Waals surface area contributed by atoms with E-state index >= 15 is 0 Å². The predicted molar refractivity (Wildman–Crippen MR) is 161 cm³/mol. The van der Waals surface area contributed by atoms with E-state index in [4.69, 9.17) is 36.1 Å². The van der Waals surface area contributed by atoms with Crippen LogP contribution >= 0.6 is 11.6 Å². The first-order valence-electron chi connectivity index (χ1n) is 14.1. The summed E-state index contributed by atoms with van der Waals surface area (Å²) in [4.78, 5) is 37.3. The van der Waals surface area contributed by atoms with E-state index in [1.807, 2.05) is 13.8 Å². The molecule has 238 valence electrons. The number of fused-ring (bicyclic) bond motifs is 2. The molecule has 0 amide bonds. The van der Waals surface area contributed by atoms with Gasteiger partial charge in [-0.15, -0.1) is 0 Å². The number of nitrogens with one attached hydrogen (secondary N) is 1. The number of rotatable bonds is 10. The minimum Gasteiger partial charge on any atom is -0.466 e. The van der Waals surface area contributed by atoms with Gasteiger partial charge in [-0.05, 0) is 43.7 Å². The molecule has 1 aromatic rings. The van der Waals surface area contributed by atoms with Crippen LogP contribution in [-0.4, -0.2) is 69.9 Å². The minimum atomic E-state index is -4.07. The molecule has 0 spiro atoms. The molecule has 4 aliphatic rings. The van der Waals surface area contributed by atoms with Crippen LogP contribution in [0.2, 0.25) is 5.02 Å². The zero-order valence-corrected chi connectivity index (χ0v) is 26.8. The first-order chi connectivity index (χ1) is 20.2. The smallest absolute Gasteiger partial charge is 0.336 e. The molecule has 0 radical (unpaired) electrons. The Bertz CT molecular complexity index is 1420. The molecule has 13 heteroatoms. The van der Waals surface area contributed by atoms with Crippen molar-refractivity contribution in [1.82, 2.24) is 5.32 Å². The highest BCUT2D eigenvalue weighted by atomic mass is 35.5. The van der Waals surface area contributed by atoms with Gasteiger partial charge >= 0.3 is 11.9 Å². The van der Waals surface area contributed by atoms with E-state index < -0.39 is 39.1 Å². The number of carbonyl (C=O) groups is 3. The summed E-state index contributed by atoms with van der Waals surface area (Å²) in [6, 6.07) is 7.05. The zero-order chi connectivity index (χ0) is 32.2. The van der Waals surface area contributed by atoms with Crippen molar-refractivity contribution >= 4 is 39.4 Å². The summed E-state index contributed by atoms with van der Waals surface area (Å²) >= 11 is 6.42. The van der Waals surface area contributed by atoms with Crippen LogP contribution in [0, 0.1) is 16.7 Å². The van der Waals surface area contributed by atoms with Crippen molar-refractivity contribution in [3.63, 3.8) is 0 Å². The maximum atomic E-state index is 12.9. The molecule has 1 unspecified atom stereocenters. The summed E-state index contributed by atoms with van der Waals surface area (Å²) in [7, 11) is -2.78. The minimum absolute atomic E-state index is 0.00648. The van der Waals surface area contributed by atoms with Crippen LogP contribution in [0.5, 0.6) is 0 Å². The van der Waals surface area contributed by atoms with Gasteiger partial charge in [0.15, 0.2) is 0 Å². The van der Waals surface area contributed by atoms with Gasteiger partial charge in [-0.1, -0.05) is 50.1 Å². The van der Waals surface area contributed by atoms with Crippen LogP contribution in [0.25, 0.3) is 0 Å². The van der Waals surface area contributed by atoms with E-state index in [-0.39, 0.29) is 35.9 Å². The summed E-state index contributed by atoms with van der Waals surface area (Å²) < 4.78 is 46.6. The van der Waals surface area contributed by atoms with Crippen LogP contribution in [0.1, 0.15) is 58.4 Å². The number of hydrogen-bond donors (Lipinski definition) is 3. The van der Waals surface area contributed by atoms with Crippen molar-refractivity contribution in [2.75, 3.05) is 39.2 Å². The highest BCUT2D eigenvalue weighted by molar-refractivity contribution is 7.85. The number of esters is 2. The Morgan fingerprint density at radius 1 is 1.19 bits per heavy atom. The quantitative estimate of drug-likeness (QED) is 0.194. The van der Waals surface area contributed by atoms with E-state index in [1.165, 1.54) is 7.11 Å². The third-order valence-corrected chi connectivity index (χ3v) is 9.89. The average molecular weight is 641 g/mol. The van der Waals surface area contributed by atoms with E-state index in [9.17, 15) is 22.8 Å². The molecule has 1 aliphatic heterocycles. The van der Waals surface area contributed by atoms with E-state index in [1.54, 1.807) is 38.1 Å². The fourth-order valence-corrected chi connectivity index (χ4v) is 8.07. The third kappa shape index (κ3) is 6.99. The Morgan fingerprint density at radius 3 is 2.40 bits per heavy atom. The molecule has 3 saturated carbocycles. The van der Waals surface area contributed by atoms with E-state index in [2.05, 4.69) is 5.32 Å². The third-order valence-electron chi connectivity index (χ3n) is 8.69. The molecular formula is C30H41ClN2O9S. The SMILES string of the molecule is CC1(C)[C@@H]2CCC[C@]1(CS(=O)(=O)O)C2=O.CCOC(=O)C1=C(COCCN)NC(C)=C(C(=O)OC)C1c1ccccc1Cl. The van der Waals surface area contributed by atoms with Gasteiger partial charge in [0, 0.05) is 23.2 Å². The number of methoxy groups -OCH3 is 1. The number of ether oxygens (including phenoxy) is 3. The maximum absolute atomic E-state index is 12.9. The number of dihydropyridines is 1. The predicted octanol–water partition coefficient (Wildman–Crippen LogP) is 3.54. The average Bonchev–Trinajstić information content (AvgIpc) is 2.93. The summed E-state index contributed by atoms with van der Waals surface area (Å²) in [5.41, 5.74) is 6.61. The van der Waals surface area contributed by atoms with Crippen LogP contribution in [0.3, 0.4) is 0 Å². The number of nitrogens with two attached hydrogens (primary N) is 1. The van der Waals surface area contributed by atoms with Crippen LogP contribution in [0.15, 0.2) is 46.8 Å². The van der Waals surface area contributed by atoms with Crippen molar-refractivity contribution in [2.24, 2.45) is 22.5 Å². The molecule has 3 atom stereocenters. The summed E-state index contributed by atoms with van der Waals surface area (Å²) in [5, 5.41) is 3.52. The Labute approximate surface area is 257 Å². The number of allylic oxidation sites excluding steroid dienone is 1. The first kappa shape index (κ1) is 34.7. The first-order valence-corrected chi connectivity index (χ1v) is 16.1. The Morgan fingerprint density at radius 2 is 1.86 bits per heavy atom. The maximum Gasteiger partial charge on any atom is 0.336 e. The van der Waals surface area contributed by atoms with Gasteiger partial charge in [0.2, 0.25) is 0 Å². The van der Waals surface area contributed by atoms with Crippen LogP contribution < -0.4 is 11.1 Å². The summed E-state index contributed by atoms with van der Waals surface area (Å²) in [6.07, 6.45) is 2.34. The zero-order valence-electron chi connectivity index (χ0n) is 25.2. The number of Topliss-reactive ketones (excluding diaryl/α,β-unsaturated/α-hetero) is 1. The Balaban J connectivity index is 0.000000282. The molecule has 1 heterocycles. The molecule has 0 saturated heterocycles. The van der Waals surface area contributed by atoms with Crippen molar-refractivity contribution in [3.05, 3.63) is 57.4 Å². The van der Waals surface area contributed by atoms with E-state index in [0.717, 1.165) is 12.8 Å². The largest absolute Gasteiger partial charge is 0.466 e. The molecule has 5 rings (SSSR count). The number of benzene rings is 1. The molecule has 43 heavy (non-hydrogen) atoms. The molecule has 1 aromatic carbocycles. The molecule has 11 nitrogen and oxygen atoms in total. The van der Waals surface area contributed by atoms with Gasteiger partial charge in [0.05, 0.1) is 60.9 Å². The summed E-state index contributed by atoms with van der Waals surface area (Å²) in [5.74, 6) is -2.23. The summed E-state index contributed by atoms with van der Waals surface area (Å²) in [6.45, 7) is 8.28. The van der Waals surface area contributed by atoms with Gasteiger partial charge < -0.3 is 25.3 Å². The van der Waals surface area contributed by atoms with Gasteiger partial charge in [-0.3, -0.25) is 9.35 Å². The molecule has 0 aromatic heterocycles. The van der Waals surface area contributed by atoms with Crippen molar-refractivity contribution in [2.45, 2.75) is 52.9 Å². The lowest BCUT2D eigenvalue weighted by atomic mass is 9.39. The number of ketones is 1. The van der Waals surface area contributed by atoms with Crippen molar-refractivity contribution in [1.29, 1.82) is 0 Å². The lowest BCUT2D eigenvalue weighted by molar-refractivity contribution is -0.180. The second kappa shape index (κ2) is 13.9. The highest BCUT2D eigenvalue weighted by Gasteiger charge is 2.69. The van der Waals surface area contributed by atoms with Crippen LogP contribution in [0.4, 0.5) is 0 Å². The van der Waals surface area contributed by atoms with Gasteiger partial charge in [-0.2, -0.15) is 8.42 Å². The fraction of sp³-hybridized carbons (Fsp3) is 0.567. The van der Waals surface area contributed by atoms with Crippen molar-refractivity contribution < 1.29 is 41.6 Å². The van der Waals surface area contributed by atoms with Gasteiger partial charge in [0.25, 0.3) is 10.1 Å². The fourth-order valence-electron chi connectivity index (χ4n) is 6.54. The Kier molecular flexibility index (Phi) is 11.2. The molecule has 2 bridgehead atoms. The lowest BCUT2D eigenvalue weighted by Crippen LogP contribution is -2.68.